The van der Waals surface area contributed by atoms with E-state index < -0.39 is 0 Å². The second kappa shape index (κ2) is 7.64. The summed E-state index contributed by atoms with van der Waals surface area (Å²) >= 11 is 0. The third kappa shape index (κ3) is 4.20. The number of hydrogen-bond acceptors (Lipinski definition) is 0. The van der Waals surface area contributed by atoms with Crippen molar-refractivity contribution in [1.82, 2.24) is 0 Å². The lowest BCUT2D eigenvalue weighted by molar-refractivity contribution is 0.0678. The maximum atomic E-state index is 13.5. The smallest absolute Gasteiger partial charge is 0.0950 e. The molecule has 0 radical (unpaired) electrons. The fraction of sp³-hybridized carbons (Fsp3) is 1.00. The van der Waals surface area contributed by atoms with Crippen molar-refractivity contribution in [3.05, 3.63) is 0 Å². The van der Waals surface area contributed by atoms with Crippen LogP contribution in [0.25, 0.3) is 0 Å². The molecule has 0 aromatic heterocycles. The Hall–Kier alpha value is -0.0700. The average molecular weight is 268 g/mol. The van der Waals surface area contributed by atoms with Crippen LogP contribution in [0, 0.1) is 17.3 Å². The Morgan fingerprint density at radius 1 is 0.895 bits per heavy atom. The first-order valence-electron chi connectivity index (χ1n) is 8.85. The summed E-state index contributed by atoms with van der Waals surface area (Å²) in [5, 5.41) is 0. The van der Waals surface area contributed by atoms with Gasteiger partial charge in [0.1, 0.15) is 0 Å². The van der Waals surface area contributed by atoms with Crippen molar-refractivity contribution < 1.29 is 4.39 Å². The van der Waals surface area contributed by atoms with E-state index in [0.29, 0.717) is 0 Å². The molecule has 1 heteroatoms. The Morgan fingerprint density at radius 3 is 2.11 bits per heavy atom. The zero-order chi connectivity index (χ0) is 13.6. The highest BCUT2D eigenvalue weighted by Crippen LogP contribution is 2.47. The van der Waals surface area contributed by atoms with Gasteiger partial charge in [-0.25, -0.2) is 0 Å². The van der Waals surface area contributed by atoms with E-state index in [1.54, 1.807) is 0 Å². The van der Waals surface area contributed by atoms with Crippen molar-refractivity contribution in [2.24, 2.45) is 17.3 Å². The molecule has 0 unspecified atom stereocenters. The van der Waals surface area contributed by atoms with Crippen LogP contribution >= 0.6 is 0 Å². The van der Waals surface area contributed by atoms with E-state index in [0.717, 1.165) is 18.3 Å². The lowest BCUT2D eigenvalue weighted by atomic mass is 9.64. The zero-order valence-electron chi connectivity index (χ0n) is 12.9. The van der Waals surface area contributed by atoms with E-state index in [2.05, 4.69) is 6.92 Å². The second-order valence-electron chi connectivity index (χ2n) is 7.33. The Bertz CT molecular complexity index is 234. The maximum Gasteiger partial charge on any atom is 0.0950 e. The molecule has 0 nitrogen and oxygen atoms in total. The molecule has 2 aliphatic rings. The van der Waals surface area contributed by atoms with Gasteiger partial charge in [0.15, 0.2) is 0 Å². The van der Waals surface area contributed by atoms with Gasteiger partial charge in [-0.05, 0) is 49.4 Å². The van der Waals surface area contributed by atoms with Crippen molar-refractivity contribution in [1.29, 1.82) is 0 Å². The van der Waals surface area contributed by atoms with Crippen LogP contribution in [0.15, 0.2) is 0 Å². The molecule has 0 amide bonds. The van der Waals surface area contributed by atoms with Gasteiger partial charge < -0.3 is 0 Å². The molecule has 0 saturated heterocycles. The predicted octanol–water partition coefficient (Wildman–Crippen LogP) is 6.29. The molecule has 0 aliphatic heterocycles. The van der Waals surface area contributed by atoms with Crippen molar-refractivity contribution in [3.8, 4) is 0 Å². The summed E-state index contributed by atoms with van der Waals surface area (Å²) in [6.45, 7) is 2.18. The maximum absolute atomic E-state index is 13.5. The molecular formula is C18H33F. The number of halogens is 1. The highest BCUT2D eigenvalue weighted by molar-refractivity contribution is 4.88. The number of rotatable bonds is 6. The Kier molecular flexibility index (Phi) is 6.16. The molecule has 0 heterocycles. The third-order valence-corrected chi connectivity index (χ3v) is 6.00. The van der Waals surface area contributed by atoms with E-state index in [9.17, 15) is 4.39 Å². The van der Waals surface area contributed by atoms with Crippen LogP contribution in [0.3, 0.4) is 0 Å². The summed E-state index contributed by atoms with van der Waals surface area (Å²) in [4.78, 5) is 0. The van der Waals surface area contributed by atoms with Gasteiger partial charge in [-0.1, -0.05) is 58.3 Å². The highest BCUT2D eigenvalue weighted by Gasteiger charge is 2.37. The topological polar surface area (TPSA) is 0 Å². The number of alkyl halides is 1. The van der Waals surface area contributed by atoms with Gasteiger partial charge in [-0.2, -0.15) is 0 Å². The molecule has 0 bridgehead atoms. The third-order valence-electron chi connectivity index (χ3n) is 6.00. The Labute approximate surface area is 119 Å². The second-order valence-corrected chi connectivity index (χ2v) is 7.33. The van der Waals surface area contributed by atoms with Gasteiger partial charge in [-0.15, -0.1) is 0 Å². The average Bonchev–Trinajstić information content (AvgIpc) is 2.49. The number of unbranched alkanes of at least 4 members (excludes halogenated alkanes) is 2. The minimum absolute atomic E-state index is 0.0614. The quantitative estimate of drug-likeness (QED) is 0.496. The van der Waals surface area contributed by atoms with Crippen LogP contribution in [0.1, 0.15) is 90.4 Å². The number of hydrogen-bond donors (Lipinski definition) is 0. The first-order chi connectivity index (χ1) is 9.29. The zero-order valence-corrected chi connectivity index (χ0v) is 12.9. The SMILES string of the molecule is CCCCCC1(CF)CCC(C2CCCCC2)CC1. The Morgan fingerprint density at radius 2 is 1.53 bits per heavy atom. The minimum atomic E-state index is -0.0614. The van der Waals surface area contributed by atoms with Crippen LogP contribution in [0.2, 0.25) is 0 Å². The van der Waals surface area contributed by atoms with E-state index in [1.807, 2.05) is 0 Å². The van der Waals surface area contributed by atoms with Crippen LogP contribution in [0.4, 0.5) is 4.39 Å². The molecule has 2 saturated carbocycles. The molecule has 0 spiro atoms. The summed E-state index contributed by atoms with van der Waals surface area (Å²) < 4.78 is 13.5. The van der Waals surface area contributed by atoms with Gasteiger partial charge in [0.05, 0.1) is 6.67 Å². The summed E-state index contributed by atoms with van der Waals surface area (Å²) in [5.74, 6) is 1.92. The highest BCUT2D eigenvalue weighted by atomic mass is 19.1. The van der Waals surface area contributed by atoms with Gasteiger partial charge >= 0.3 is 0 Å². The summed E-state index contributed by atoms with van der Waals surface area (Å²) in [6, 6.07) is 0. The molecule has 112 valence electrons. The molecule has 2 fully saturated rings. The fourth-order valence-electron chi connectivity index (χ4n) is 4.53. The predicted molar refractivity (Wildman–Crippen MR) is 81.1 cm³/mol. The van der Waals surface area contributed by atoms with Gasteiger partial charge in [-0.3, -0.25) is 4.39 Å². The molecule has 2 rings (SSSR count). The normalized spacial score (nSPS) is 33.5. The first-order valence-corrected chi connectivity index (χ1v) is 8.85. The Balaban J connectivity index is 1.78. The van der Waals surface area contributed by atoms with Gasteiger partial charge in [0, 0.05) is 0 Å². The van der Waals surface area contributed by atoms with Crippen molar-refractivity contribution in [3.63, 3.8) is 0 Å². The summed E-state index contributed by atoms with van der Waals surface area (Å²) in [7, 11) is 0. The molecule has 0 atom stereocenters. The molecular weight excluding hydrogens is 235 g/mol. The molecule has 19 heavy (non-hydrogen) atoms. The van der Waals surface area contributed by atoms with E-state index in [-0.39, 0.29) is 12.1 Å². The molecule has 0 aromatic carbocycles. The van der Waals surface area contributed by atoms with Crippen molar-refractivity contribution in [2.45, 2.75) is 90.4 Å². The van der Waals surface area contributed by atoms with Crippen molar-refractivity contribution >= 4 is 0 Å². The summed E-state index contributed by atoms with van der Waals surface area (Å²) in [5.41, 5.74) is 0.0837. The van der Waals surface area contributed by atoms with Crippen LogP contribution < -0.4 is 0 Å². The van der Waals surface area contributed by atoms with Crippen LogP contribution in [-0.4, -0.2) is 6.67 Å². The van der Waals surface area contributed by atoms with Crippen molar-refractivity contribution in [2.75, 3.05) is 6.67 Å². The first kappa shape index (κ1) is 15.3. The van der Waals surface area contributed by atoms with Crippen LogP contribution in [-0.2, 0) is 0 Å². The molecule has 2 aliphatic carbocycles. The largest absolute Gasteiger partial charge is 0.250 e. The lowest BCUT2D eigenvalue weighted by Crippen LogP contribution is -2.32. The minimum Gasteiger partial charge on any atom is -0.250 e. The van der Waals surface area contributed by atoms with E-state index in [4.69, 9.17) is 0 Å². The molecule has 0 aromatic rings. The van der Waals surface area contributed by atoms with Gasteiger partial charge in [0.25, 0.3) is 0 Å². The fourth-order valence-corrected chi connectivity index (χ4v) is 4.53. The van der Waals surface area contributed by atoms with E-state index >= 15 is 0 Å². The molecule has 0 N–H and O–H groups in total. The summed E-state index contributed by atoms with van der Waals surface area (Å²) in [6.07, 6.45) is 17.2. The van der Waals surface area contributed by atoms with Crippen LogP contribution in [0.5, 0.6) is 0 Å². The van der Waals surface area contributed by atoms with E-state index in [1.165, 1.54) is 77.0 Å². The monoisotopic (exact) mass is 268 g/mol. The van der Waals surface area contributed by atoms with Gasteiger partial charge in [0.2, 0.25) is 0 Å². The standard InChI is InChI=1S/C18H33F/c1-2-3-7-12-18(15-19)13-10-17(11-14-18)16-8-5-4-6-9-16/h16-17H,2-15H2,1H3. The lowest BCUT2D eigenvalue weighted by Gasteiger charge is -2.42.